The van der Waals surface area contributed by atoms with Gasteiger partial charge in [-0.2, -0.15) is 0 Å². The van der Waals surface area contributed by atoms with E-state index in [0.29, 0.717) is 5.69 Å². The molecule has 2 N–H and O–H groups in total. The van der Waals surface area contributed by atoms with Gasteiger partial charge >= 0.3 is 0 Å². The van der Waals surface area contributed by atoms with Crippen molar-refractivity contribution in [3.63, 3.8) is 0 Å². The topological polar surface area (TPSA) is 43.1 Å². The lowest BCUT2D eigenvalue weighted by atomic mass is 9.81. The summed E-state index contributed by atoms with van der Waals surface area (Å²) < 4.78 is 0. The molecule has 1 rings (SSSR count). The second-order valence-electron chi connectivity index (χ2n) is 4.13. The summed E-state index contributed by atoms with van der Waals surface area (Å²) in [4.78, 5) is 11.0. The number of benzene rings is 1. The normalized spacial score (nSPS) is 12.6. The molecule has 0 bridgehead atoms. The summed E-state index contributed by atoms with van der Waals surface area (Å²) in [5.74, 6) is 0. The highest BCUT2D eigenvalue weighted by Gasteiger charge is 2.24. The number of hydrogen-bond acceptors (Lipinski definition) is 2. The van der Waals surface area contributed by atoms with Crippen LogP contribution in [0.4, 0.5) is 5.69 Å². The fraction of sp³-hybridized carbons (Fsp3) is 0.308. The summed E-state index contributed by atoms with van der Waals surface area (Å²) in [5, 5.41) is 0. The highest BCUT2D eigenvalue weighted by atomic mass is 16.1. The fourth-order valence-electron chi connectivity index (χ4n) is 1.68. The van der Waals surface area contributed by atoms with Crippen LogP contribution in [-0.4, -0.2) is 6.29 Å². The Kier molecular flexibility index (Phi) is 3.30. The zero-order chi connectivity index (χ0) is 11.5. The van der Waals surface area contributed by atoms with E-state index in [-0.39, 0.29) is 0 Å². The van der Waals surface area contributed by atoms with E-state index in [1.165, 1.54) is 0 Å². The Morgan fingerprint density at radius 2 is 1.93 bits per heavy atom. The lowest BCUT2D eigenvalue weighted by Crippen LogP contribution is -2.16. The van der Waals surface area contributed by atoms with Gasteiger partial charge < -0.3 is 10.5 Å². The van der Waals surface area contributed by atoms with E-state index in [2.05, 4.69) is 0 Å². The van der Waals surface area contributed by atoms with Crippen LogP contribution in [-0.2, 0) is 4.79 Å². The lowest BCUT2D eigenvalue weighted by molar-refractivity contribution is -0.112. The highest BCUT2D eigenvalue weighted by molar-refractivity contribution is 5.88. The number of carbonyl (C=O) groups excluding carboxylic acids is 1. The van der Waals surface area contributed by atoms with Crippen molar-refractivity contribution in [3.8, 4) is 0 Å². The van der Waals surface area contributed by atoms with Gasteiger partial charge in [-0.05, 0) is 32.4 Å². The number of hydrogen-bond donors (Lipinski definition) is 1. The standard InChI is InChI=1S/C13H17NO/c1-4-11(13(2,3)9-15)10-7-5-6-8-12(10)14/h4-9H,14H2,1-3H3/b11-4+. The second-order valence-corrected chi connectivity index (χ2v) is 4.13. The van der Waals surface area contributed by atoms with Crippen molar-refractivity contribution < 1.29 is 4.79 Å². The first-order valence-electron chi connectivity index (χ1n) is 5.01. The molecule has 15 heavy (non-hydrogen) atoms. The quantitative estimate of drug-likeness (QED) is 0.606. The molecule has 0 amide bonds. The van der Waals surface area contributed by atoms with E-state index in [0.717, 1.165) is 17.4 Å². The first-order chi connectivity index (χ1) is 7.03. The van der Waals surface area contributed by atoms with Gasteiger partial charge in [-0.15, -0.1) is 0 Å². The monoisotopic (exact) mass is 203 g/mol. The van der Waals surface area contributed by atoms with Gasteiger partial charge in [0, 0.05) is 16.7 Å². The molecule has 0 atom stereocenters. The van der Waals surface area contributed by atoms with Crippen LogP contribution in [0.2, 0.25) is 0 Å². The van der Waals surface area contributed by atoms with Crippen molar-refractivity contribution in [2.75, 3.05) is 5.73 Å². The van der Waals surface area contributed by atoms with E-state index in [4.69, 9.17) is 5.73 Å². The molecule has 80 valence electrons. The van der Waals surface area contributed by atoms with Crippen LogP contribution < -0.4 is 5.73 Å². The average molecular weight is 203 g/mol. The van der Waals surface area contributed by atoms with E-state index in [9.17, 15) is 4.79 Å². The number of rotatable bonds is 3. The molecule has 2 heteroatoms. The van der Waals surface area contributed by atoms with Gasteiger partial charge in [-0.1, -0.05) is 24.3 Å². The first-order valence-corrected chi connectivity index (χ1v) is 5.01. The molecule has 0 saturated heterocycles. The van der Waals surface area contributed by atoms with Crippen molar-refractivity contribution in [3.05, 3.63) is 35.9 Å². The summed E-state index contributed by atoms with van der Waals surface area (Å²) in [6, 6.07) is 7.60. The third-order valence-electron chi connectivity index (χ3n) is 2.53. The number of nitrogen functional groups attached to an aromatic ring is 1. The third kappa shape index (κ3) is 2.27. The van der Waals surface area contributed by atoms with Crippen LogP contribution in [0.5, 0.6) is 0 Å². The predicted molar refractivity (Wildman–Crippen MR) is 64.4 cm³/mol. The van der Waals surface area contributed by atoms with Gasteiger partial charge in [-0.3, -0.25) is 0 Å². The smallest absolute Gasteiger partial charge is 0.129 e. The minimum Gasteiger partial charge on any atom is -0.398 e. The Morgan fingerprint density at radius 3 is 2.40 bits per heavy atom. The van der Waals surface area contributed by atoms with E-state index in [1.54, 1.807) is 0 Å². The molecule has 0 aromatic heterocycles. The van der Waals surface area contributed by atoms with Crippen molar-refractivity contribution in [1.29, 1.82) is 0 Å². The lowest BCUT2D eigenvalue weighted by Gasteiger charge is -2.22. The van der Waals surface area contributed by atoms with Crippen LogP contribution in [0.3, 0.4) is 0 Å². The average Bonchev–Trinajstić information content (AvgIpc) is 2.21. The molecule has 0 aliphatic heterocycles. The molecule has 0 aliphatic rings. The summed E-state index contributed by atoms with van der Waals surface area (Å²) in [5.41, 5.74) is 8.01. The summed E-state index contributed by atoms with van der Waals surface area (Å²) in [6.45, 7) is 5.70. The Labute approximate surface area is 90.8 Å². The Morgan fingerprint density at radius 1 is 1.33 bits per heavy atom. The summed E-state index contributed by atoms with van der Waals surface area (Å²) in [7, 11) is 0. The minimum atomic E-state index is -0.496. The van der Waals surface area contributed by atoms with E-state index < -0.39 is 5.41 Å². The molecular weight excluding hydrogens is 186 g/mol. The molecule has 2 nitrogen and oxygen atoms in total. The summed E-state index contributed by atoms with van der Waals surface area (Å²) in [6.07, 6.45) is 2.90. The fourth-order valence-corrected chi connectivity index (χ4v) is 1.68. The molecule has 0 fully saturated rings. The van der Waals surface area contributed by atoms with Crippen molar-refractivity contribution in [2.45, 2.75) is 20.8 Å². The Bertz CT molecular complexity index is 391. The number of para-hydroxylation sites is 1. The molecular formula is C13H17NO. The van der Waals surface area contributed by atoms with Gasteiger partial charge in [-0.25, -0.2) is 0 Å². The Balaban J connectivity index is 3.27. The molecule has 0 saturated carbocycles. The molecule has 0 aliphatic carbocycles. The highest BCUT2D eigenvalue weighted by Crippen LogP contribution is 2.35. The van der Waals surface area contributed by atoms with Gasteiger partial charge in [0.1, 0.15) is 6.29 Å². The SMILES string of the molecule is C/C=C(\c1ccccc1N)C(C)(C)C=O. The molecule has 0 spiro atoms. The van der Waals surface area contributed by atoms with E-state index in [1.807, 2.05) is 51.1 Å². The largest absolute Gasteiger partial charge is 0.398 e. The van der Waals surface area contributed by atoms with Crippen LogP contribution in [0.15, 0.2) is 30.3 Å². The number of nitrogens with two attached hydrogens (primary N) is 1. The van der Waals surface area contributed by atoms with Crippen molar-refractivity contribution in [1.82, 2.24) is 0 Å². The zero-order valence-corrected chi connectivity index (χ0v) is 9.45. The van der Waals surface area contributed by atoms with Crippen molar-refractivity contribution in [2.24, 2.45) is 5.41 Å². The molecule has 1 aromatic carbocycles. The van der Waals surface area contributed by atoms with E-state index >= 15 is 0 Å². The zero-order valence-electron chi connectivity index (χ0n) is 9.45. The number of allylic oxidation sites excluding steroid dienone is 2. The maximum absolute atomic E-state index is 11.0. The maximum atomic E-state index is 11.0. The molecule has 1 aromatic rings. The van der Waals surface area contributed by atoms with Crippen LogP contribution in [0, 0.1) is 5.41 Å². The van der Waals surface area contributed by atoms with Crippen LogP contribution in [0.25, 0.3) is 5.57 Å². The number of anilines is 1. The van der Waals surface area contributed by atoms with Gasteiger partial charge in [0.25, 0.3) is 0 Å². The predicted octanol–water partition coefficient (Wildman–Crippen LogP) is 2.90. The van der Waals surface area contributed by atoms with Crippen molar-refractivity contribution >= 4 is 17.5 Å². The molecule has 0 heterocycles. The number of carbonyl (C=O) groups is 1. The minimum absolute atomic E-state index is 0.496. The van der Waals surface area contributed by atoms with Crippen LogP contribution in [0.1, 0.15) is 26.3 Å². The second kappa shape index (κ2) is 4.30. The number of aldehydes is 1. The molecule has 0 unspecified atom stereocenters. The van der Waals surface area contributed by atoms with Crippen LogP contribution >= 0.6 is 0 Å². The Hall–Kier alpha value is -1.57. The summed E-state index contributed by atoms with van der Waals surface area (Å²) >= 11 is 0. The third-order valence-corrected chi connectivity index (χ3v) is 2.53. The first kappa shape index (κ1) is 11.5. The maximum Gasteiger partial charge on any atom is 0.129 e. The van der Waals surface area contributed by atoms with Gasteiger partial charge in [0.05, 0.1) is 0 Å². The molecule has 0 radical (unpaired) electrons. The van der Waals surface area contributed by atoms with Gasteiger partial charge in [0.15, 0.2) is 0 Å². The van der Waals surface area contributed by atoms with Gasteiger partial charge in [0.2, 0.25) is 0 Å².